The Balaban J connectivity index is 1.50. The molecule has 1 N–H and O–H groups in total. The molecule has 118 valence electrons. The molecule has 2 aliphatic rings. The normalized spacial score (nSPS) is 20.2. The average molecular weight is 308 g/mol. The molecule has 0 aliphatic carbocycles. The largest absolute Gasteiger partial charge is 0.479 e. The molecule has 2 aromatic rings. The van der Waals surface area contributed by atoms with Crippen LogP contribution in [-0.4, -0.2) is 23.5 Å². The Kier molecular flexibility index (Phi) is 3.54. The number of hydrogen-bond acceptors (Lipinski definition) is 3. The van der Waals surface area contributed by atoms with Crippen LogP contribution in [0.2, 0.25) is 0 Å². The first-order valence-corrected chi connectivity index (χ1v) is 8.08. The molecule has 0 fully saturated rings. The molecule has 0 bridgehead atoms. The number of nitrogens with one attached hydrogen (secondary N) is 1. The van der Waals surface area contributed by atoms with Crippen LogP contribution in [0.3, 0.4) is 0 Å². The van der Waals surface area contributed by atoms with Crippen molar-refractivity contribution in [2.45, 2.75) is 32.5 Å². The molecule has 23 heavy (non-hydrogen) atoms. The van der Waals surface area contributed by atoms with E-state index in [-0.39, 0.29) is 5.91 Å². The van der Waals surface area contributed by atoms with Gasteiger partial charge in [-0.3, -0.25) is 9.69 Å². The number of amides is 1. The lowest BCUT2D eigenvalue weighted by Crippen LogP contribution is -2.34. The van der Waals surface area contributed by atoms with Crippen molar-refractivity contribution < 1.29 is 9.53 Å². The zero-order chi connectivity index (χ0) is 15.8. The molecule has 1 amide bonds. The zero-order valence-electron chi connectivity index (χ0n) is 13.2. The van der Waals surface area contributed by atoms with Gasteiger partial charge in [0.2, 0.25) is 0 Å². The van der Waals surface area contributed by atoms with Gasteiger partial charge in [0.1, 0.15) is 5.75 Å². The van der Waals surface area contributed by atoms with Crippen molar-refractivity contribution in [2.24, 2.45) is 0 Å². The molecule has 1 unspecified atom stereocenters. The summed E-state index contributed by atoms with van der Waals surface area (Å²) in [6.45, 7) is 4.69. The fraction of sp³-hybridized carbons (Fsp3) is 0.316. The number of rotatable bonds is 2. The third-order valence-electron chi connectivity index (χ3n) is 4.59. The highest BCUT2D eigenvalue weighted by Crippen LogP contribution is 2.31. The summed E-state index contributed by atoms with van der Waals surface area (Å²) in [5.74, 6) is 0.673. The van der Waals surface area contributed by atoms with Gasteiger partial charge < -0.3 is 10.1 Å². The quantitative estimate of drug-likeness (QED) is 0.927. The second-order valence-corrected chi connectivity index (χ2v) is 6.31. The van der Waals surface area contributed by atoms with Crippen LogP contribution in [0.1, 0.15) is 23.6 Å². The molecule has 2 aliphatic heterocycles. The molecule has 0 saturated heterocycles. The second kappa shape index (κ2) is 5.70. The first-order valence-electron chi connectivity index (χ1n) is 8.08. The highest BCUT2D eigenvalue weighted by molar-refractivity contribution is 5.97. The van der Waals surface area contributed by atoms with Gasteiger partial charge in [0.05, 0.1) is 5.69 Å². The van der Waals surface area contributed by atoms with Crippen molar-refractivity contribution in [1.29, 1.82) is 0 Å². The van der Waals surface area contributed by atoms with Gasteiger partial charge in [0.15, 0.2) is 6.10 Å². The van der Waals surface area contributed by atoms with Crippen molar-refractivity contribution in [1.82, 2.24) is 4.90 Å². The first-order chi connectivity index (χ1) is 11.2. The minimum Gasteiger partial charge on any atom is -0.479 e. The highest BCUT2D eigenvalue weighted by Gasteiger charge is 2.24. The SMILES string of the molecule is CC1Oc2ccc(CN3CCc4ccccc4C3)cc2NC1=O. The van der Waals surface area contributed by atoms with E-state index in [9.17, 15) is 4.79 Å². The van der Waals surface area contributed by atoms with Gasteiger partial charge >= 0.3 is 0 Å². The van der Waals surface area contributed by atoms with Crippen molar-refractivity contribution in [3.05, 3.63) is 59.2 Å². The van der Waals surface area contributed by atoms with E-state index in [1.54, 1.807) is 6.92 Å². The molecular weight excluding hydrogens is 288 g/mol. The Hall–Kier alpha value is -2.33. The summed E-state index contributed by atoms with van der Waals surface area (Å²) < 4.78 is 5.61. The fourth-order valence-corrected chi connectivity index (χ4v) is 3.30. The van der Waals surface area contributed by atoms with E-state index in [2.05, 4.69) is 40.5 Å². The van der Waals surface area contributed by atoms with Crippen LogP contribution in [0.25, 0.3) is 0 Å². The summed E-state index contributed by atoms with van der Waals surface area (Å²) in [6.07, 6.45) is 0.672. The summed E-state index contributed by atoms with van der Waals surface area (Å²) in [5, 5.41) is 2.92. The van der Waals surface area contributed by atoms with E-state index < -0.39 is 6.10 Å². The number of nitrogens with zero attached hydrogens (tertiary/aromatic N) is 1. The molecule has 1 atom stereocenters. The molecule has 0 saturated carbocycles. The van der Waals surface area contributed by atoms with Crippen molar-refractivity contribution >= 4 is 11.6 Å². The van der Waals surface area contributed by atoms with Gasteiger partial charge in [-0.15, -0.1) is 0 Å². The molecular formula is C19H20N2O2. The van der Waals surface area contributed by atoms with Crippen LogP contribution < -0.4 is 10.1 Å². The van der Waals surface area contributed by atoms with Gasteiger partial charge in [-0.25, -0.2) is 0 Å². The molecule has 4 heteroatoms. The van der Waals surface area contributed by atoms with E-state index in [0.29, 0.717) is 0 Å². The molecule has 0 aromatic heterocycles. The predicted molar refractivity (Wildman–Crippen MR) is 89.4 cm³/mol. The minimum absolute atomic E-state index is 0.0819. The van der Waals surface area contributed by atoms with Crippen molar-refractivity contribution in [2.75, 3.05) is 11.9 Å². The maximum atomic E-state index is 11.7. The number of anilines is 1. The van der Waals surface area contributed by atoms with Crippen LogP contribution in [0, 0.1) is 0 Å². The van der Waals surface area contributed by atoms with Crippen LogP contribution in [0.15, 0.2) is 42.5 Å². The molecule has 4 rings (SSSR count). The Morgan fingerprint density at radius 1 is 1.22 bits per heavy atom. The summed E-state index contributed by atoms with van der Waals surface area (Å²) in [5.41, 5.74) is 4.86. The van der Waals surface area contributed by atoms with Crippen LogP contribution in [-0.2, 0) is 24.3 Å². The second-order valence-electron chi connectivity index (χ2n) is 6.31. The summed E-state index contributed by atoms with van der Waals surface area (Å²) >= 11 is 0. The average Bonchev–Trinajstić information content (AvgIpc) is 2.56. The van der Waals surface area contributed by atoms with E-state index in [4.69, 9.17) is 4.74 Å². The van der Waals surface area contributed by atoms with E-state index >= 15 is 0 Å². The topological polar surface area (TPSA) is 41.6 Å². The van der Waals surface area contributed by atoms with Gasteiger partial charge in [-0.2, -0.15) is 0 Å². The highest BCUT2D eigenvalue weighted by atomic mass is 16.5. The summed E-state index contributed by atoms with van der Waals surface area (Å²) in [6, 6.07) is 14.7. The van der Waals surface area contributed by atoms with E-state index in [1.165, 1.54) is 16.7 Å². The molecule has 0 radical (unpaired) electrons. The predicted octanol–water partition coefficient (Wildman–Crippen LogP) is 2.96. The lowest BCUT2D eigenvalue weighted by Gasteiger charge is -2.29. The third-order valence-corrected chi connectivity index (χ3v) is 4.59. The lowest BCUT2D eigenvalue weighted by molar-refractivity contribution is -0.122. The number of benzene rings is 2. The molecule has 2 aromatic carbocycles. The maximum absolute atomic E-state index is 11.7. The number of fused-ring (bicyclic) bond motifs is 2. The number of hydrogen-bond donors (Lipinski definition) is 1. The van der Waals surface area contributed by atoms with Crippen LogP contribution >= 0.6 is 0 Å². The standard InChI is InChI=1S/C19H20N2O2/c1-13-19(22)20-17-10-14(6-7-18(17)23-13)11-21-9-8-15-4-2-3-5-16(15)12-21/h2-7,10,13H,8-9,11-12H2,1H3,(H,20,22). The van der Waals surface area contributed by atoms with E-state index in [0.717, 1.165) is 37.5 Å². The molecule has 0 spiro atoms. The number of ether oxygens (including phenoxy) is 1. The van der Waals surface area contributed by atoms with Gasteiger partial charge in [-0.1, -0.05) is 30.3 Å². The number of carbonyl (C=O) groups is 1. The maximum Gasteiger partial charge on any atom is 0.265 e. The van der Waals surface area contributed by atoms with E-state index in [1.807, 2.05) is 12.1 Å². The lowest BCUT2D eigenvalue weighted by atomic mass is 9.99. The fourth-order valence-electron chi connectivity index (χ4n) is 3.30. The summed E-state index contributed by atoms with van der Waals surface area (Å²) in [4.78, 5) is 14.2. The smallest absolute Gasteiger partial charge is 0.265 e. The van der Waals surface area contributed by atoms with Gasteiger partial charge in [0, 0.05) is 19.6 Å². The Morgan fingerprint density at radius 3 is 2.91 bits per heavy atom. The minimum atomic E-state index is -0.424. The molecule has 4 nitrogen and oxygen atoms in total. The summed E-state index contributed by atoms with van der Waals surface area (Å²) in [7, 11) is 0. The Labute approximate surface area is 136 Å². The van der Waals surface area contributed by atoms with Crippen LogP contribution in [0.4, 0.5) is 5.69 Å². The monoisotopic (exact) mass is 308 g/mol. The van der Waals surface area contributed by atoms with Crippen molar-refractivity contribution in [3.8, 4) is 5.75 Å². The number of carbonyl (C=O) groups excluding carboxylic acids is 1. The van der Waals surface area contributed by atoms with Crippen molar-refractivity contribution in [3.63, 3.8) is 0 Å². The third kappa shape index (κ3) is 2.82. The Bertz CT molecular complexity index is 757. The zero-order valence-corrected chi connectivity index (χ0v) is 13.2. The van der Waals surface area contributed by atoms with Crippen LogP contribution in [0.5, 0.6) is 5.75 Å². The first kappa shape index (κ1) is 14.3. The van der Waals surface area contributed by atoms with Gasteiger partial charge in [-0.05, 0) is 42.2 Å². The molecule has 2 heterocycles. The van der Waals surface area contributed by atoms with Gasteiger partial charge in [0.25, 0.3) is 5.91 Å². The Morgan fingerprint density at radius 2 is 2.04 bits per heavy atom.